The van der Waals surface area contributed by atoms with Crippen LogP contribution in [0.4, 0.5) is 4.39 Å². The lowest BCUT2D eigenvalue weighted by Crippen LogP contribution is -2.42. The first-order chi connectivity index (χ1) is 28.2. The molecule has 59 heavy (non-hydrogen) atoms. The summed E-state index contributed by atoms with van der Waals surface area (Å²) in [6, 6.07) is 26.4. The fourth-order valence-corrected chi connectivity index (χ4v) is 7.58. The van der Waals surface area contributed by atoms with E-state index in [2.05, 4.69) is 79.7 Å². The highest BCUT2D eigenvalue weighted by atomic mass is 19.1. The average Bonchev–Trinajstić information content (AvgIpc) is 3.21. The minimum absolute atomic E-state index is 0.0108. The van der Waals surface area contributed by atoms with Gasteiger partial charge in [0.25, 0.3) is 0 Å². The van der Waals surface area contributed by atoms with Gasteiger partial charge in [-0.1, -0.05) is 168 Å². The number of aliphatic imine (C=N–C) groups is 1. The number of phenolic OH excluding ortho intramolecular Hbond substituents is 1. The summed E-state index contributed by atoms with van der Waals surface area (Å²) in [5.74, 6) is 1.20. The topological polar surface area (TPSA) is 71.3 Å². The Hall–Kier alpha value is -4.16. The highest BCUT2D eigenvalue weighted by molar-refractivity contribution is 5.84. The normalized spacial score (nSPS) is 12.9. The van der Waals surface area contributed by atoms with Crippen LogP contribution < -0.4 is 9.47 Å². The van der Waals surface area contributed by atoms with Crippen LogP contribution in [0.15, 0.2) is 89.9 Å². The Morgan fingerprint density at radius 2 is 1.10 bits per heavy atom. The van der Waals surface area contributed by atoms with Crippen molar-refractivity contribution in [2.45, 2.75) is 168 Å². The standard InChI is InChI=1S/C53H74FNO4/c1-9-11-13-15-17-22-32-58-48-30-27-43(51(3,4)5)36-45(48)53(57,46-37-44(52(6,7)8)28-31-49(46)59-33-23-18-16-14-12-10-2)50(35-40-24-20-19-21-25-40)55-39-42-34-41(38-54)26-29-47(42)56/h19-21,24-31,34,36-37,39,50,56-57H,9-18,22-23,32-33,35,38H2,1-8H3. The van der Waals surface area contributed by atoms with Crippen molar-refractivity contribution in [1.82, 2.24) is 0 Å². The van der Waals surface area contributed by atoms with E-state index in [0.717, 1.165) is 42.4 Å². The third-order valence-electron chi connectivity index (χ3n) is 11.4. The summed E-state index contributed by atoms with van der Waals surface area (Å²) in [4.78, 5) is 5.22. The van der Waals surface area contributed by atoms with Crippen LogP contribution in [0.5, 0.6) is 17.2 Å². The maximum absolute atomic E-state index is 14.3. The average molecular weight is 808 g/mol. The number of hydrogen-bond donors (Lipinski definition) is 2. The first-order valence-corrected chi connectivity index (χ1v) is 22.4. The van der Waals surface area contributed by atoms with E-state index in [9.17, 15) is 14.6 Å². The molecule has 0 aliphatic rings. The summed E-state index contributed by atoms with van der Waals surface area (Å²) >= 11 is 0. The van der Waals surface area contributed by atoms with Gasteiger partial charge in [-0.2, -0.15) is 0 Å². The second kappa shape index (κ2) is 23.0. The number of alkyl halides is 1. The summed E-state index contributed by atoms with van der Waals surface area (Å²) < 4.78 is 27.4. The minimum atomic E-state index is -1.80. The zero-order valence-electron chi connectivity index (χ0n) is 37.6. The van der Waals surface area contributed by atoms with Crippen LogP contribution in [0, 0.1) is 0 Å². The molecule has 4 aromatic carbocycles. The fraction of sp³-hybridized carbons (Fsp3) is 0.528. The van der Waals surface area contributed by atoms with Gasteiger partial charge in [0.05, 0.1) is 19.3 Å². The number of rotatable bonds is 24. The molecule has 0 aliphatic heterocycles. The van der Waals surface area contributed by atoms with Crippen molar-refractivity contribution in [3.05, 3.63) is 124 Å². The number of unbranched alkanes of at least 4 members (excludes halogenated alkanes) is 10. The highest BCUT2D eigenvalue weighted by Gasteiger charge is 2.46. The van der Waals surface area contributed by atoms with Gasteiger partial charge in [0.15, 0.2) is 0 Å². The molecular formula is C53H74FNO4. The molecule has 1 unspecified atom stereocenters. The molecule has 2 N–H and O–H groups in total. The molecule has 0 spiro atoms. The van der Waals surface area contributed by atoms with Gasteiger partial charge in [-0.15, -0.1) is 0 Å². The minimum Gasteiger partial charge on any atom is -0.507 e. The second-order valence-corrected chi connectivity index (χ2v) is 18.4. The van der Waals surface area contributed by atoms with Crippen LogP contribution in [0.25, 0.3) is 0 Å². The maximum atomic E-state index is 14.3. The van der Waals surface area contributed by atoms with Crippen LogP contribution in [0.2, 0.25) is 0 Å². The molecule has 0 bridgehead atoms. The van der Waals surface area contributed by atoms with Crippen molar-refractivity contribution in [2.75, 3.05) is 13.2 Å². The van der Waals surface area contributed by atoms with Crippen molar-refractivity contribution in [3.63, 3.8) is 0 Å². The third kappa shape index (κ3) is 14.0. The number of halogens is 1. The van der Waals surface area contributed by atoms with E-state index in [0.29, 0.717) is 53.4 Å². The van der Waals surface area contributed by atoms with E-state index >= 15 is 0 Å². The summed E-state index contributed by atoms with van der Waals surface area (Å²) in [6.07, 6.45) is 15.6. The highest BCUT2D eigenvalue weighted by Crippen LogP contribution is 2.47. The number of aromatic hydroxyl groups is 1. The lowest BCUT2D eigenvalue weighted by Gasteiger charge is -2.39. The Morgan fingerprint density at radius 1 is 0.610 bits per heavy atom. The summed E-state index contributed by atoms with van der Waals surface area (Å²) in [5, 5.41) is 25.2. The SMILES string of the molecule is CCCCCCCCOc1ccc(C(C)(C)C)cc1C(O)(c1cc(C(C)(C)C)ccc1OCCCCCCCC)C(Cc1ccccc1)N=Cc1cc(CF)ccc1O. The molecule has 0 aliphatic carbocycles. The summed E-state index contributed by atoms with van der Waals surface area (Å²) in [7, 11) is 0. The first-order valence-electron chi connectivity index (χ1n) is 22.4. The number of ether oxygens (including phenoxy) is 2. The molecule has 4 aromatic rings. The molecular weight excluding hydrogens is 734 g/mol. The van der Waals surface area contributed by atoms with E-state index in [1.54, 1.807) is 18.3 Å². The van der Waals surface area contributed by atoms with Gasteiger partial charge in [0.2, 0.25) is 0 Å². The van der Waals surface area contributed by atoms with Gasteiger partial charge in [-0.3, -0.25) is 4.99 Å². The fourth-order valence-electron chi connectivity index (χ4n) is 7.58. The number of aliphatic hydroxyl groups is 1. The smallest absolute Gasteiger partial charge is 0.144 e. The van der Waals surface area contributed by atoms with E-state index in [4.69, 9.17) is 14.5 Å². The van der Waals surface area contributed by atoms with Gasteiger partial charge in [-0.25, -0.2) is 4.39 Å². The Kier molecular flexibility index (Phi) is 18.5. The van der Waals surface area contributed by atoms with E-state index in [1.165, 1.54) is 57.4 Å². The van der Waals surface area contributed by atoms with Gasteiger partial charge in [0.1, 0.15) is 29.5 Å². The van der Waals surface area contributed by atoms with Crippen molar-refractivity contribution in [2.24, 2.45) is 4.99 Å². The largest absolute Gasteiger partial charge is 0.507 e. The van der Waals surface area contributed by atoms with Gasteiger partial charge in [-0.05, 0) is 88.7 Å². The van der Waals surface area contributed by atoms with Crippen LogP contribution in [0.1, 0.15) is 171 Å². The molecule has 0 heterocycles. The predicted molar refractivity (Wildman–Crippen MR) is 245 cm³/mol. The Balaban J connectivity index is 2.01. The van der Waals surface area contributed by atoms with Crippen molar-refractivity contribution >= 4 is 6.21 Å². The molecule has 0 radical (unpaired) electrons. The molecule has 5 nitrogen and oxygen atoms in total. The first kappa shape index (κ1) is 47.5. The van der Waals surface area contributed by atoms with Crippen LogP contribution in [0.3, 0.4) is 0 Å². The van der Waals surface area contributed by atoms with Crippen LogP contribution in [-0.4, -0.2) is 35.7 Å². The van der Waals surface area contributed by atoms with Gasteiger partial charge < -0.3 is 19.7 Å². The Morgan fingerprint density at radius 3 is 1.58 bits per heavy atom. The van der Waals surface area contributed by atoms with Crippen molar-refractivity contribution in [1.29, 1.82) is 0 Å². The lowest BCUT2D eigenvalue weighted by atomic mass is 9.73. The van der Waals surface area contributed by atoms with E-state index in [-0.39, 0.29) is 16.6 Å². The third-order valence-corrected chi connectivity index (χ3v) is 11.4. The predicted octanol–water partition coefficient (Wildman–Crippen LogP) is 13.9. The van der Waals surface area contributed by atoms with Crippen LogP contribution in [-0.2, 0) is 29.5 Å². The summed E-state index contributed by atoms with van der Waals surface area (Å²) in [6.45, 7) is 17.9. The summed E-state index contributed by atoms with van der Waals surface area (Å²) in [5.41, 5.74) is 2.86. The van der Waals surface area contributed by atoms with Crippen molar-refractivity contribution < 1.29 is 24.1 Å². The molecule has 4 rings (SSSR count). The number of phenols is 1. The number of nitrogens with zero attached hydrogens (tertiary/aromatic N) is 1. The molecule has 0 aromatic heterocycles. The molecule has 0 saturated heterocycles. The second-order valence-electron chi connectivity index (χ2n) is 18.4. The molecule has 322 valence electrons. The number of benzene rings is 4. The molecule has 0 amide bonds. The lowest BCUT2D eigenvalue weighted by molar-refractivity contribution is 0.0460. The zero-order valence-corrected chi connectivity index (χ0v) is 37.6. The quantitative estimate of drug-likeness (QED) is 0.0546. The molecule has 0 fully saturated rings. The Bertz CT molecular complexity index is 1790. The van der Waals surface area contributed by atoms with Crippen LogP contribution >= 0.6 is 0 Å². The molecule has 6 heteroatoms. The molecule has 1 atom stereocenters. The van der Waals surface area contributed by atoms with E-state index < -0.39 is 18.3 Å². The number of hydrogen-bond acceptors (Lipinski definition) is 5. The maximum Gasteiger partial charge on any atom is 0.144 e. The molecule has 0 saturated carbocycles. The van der Waals surface area contributed by atoms with E-state index in [1.807, 2.05) is 42.5 Å². The monoisotopic (exact) mass is 808 g/mol. The zero-order chi connectivity index (χ0) is 42.9. The Labute approximate surface area is 356 Å². The van der Waals surface area contributed by atoms with Gasteiger partial charge in [0, 0.05) is 22.9 Å². The van der Waals surface area contributed by atoms with Crippen molar-refractivity contribution in [3.8, 4) is 17.2 Å². The van der Waals surface area contributed by atoms with Gasteiger partial charge >= 0.3 is 0 Å².